The van der Waals surface area contributed by atoms with E-state index in [2.05, 4.69) is 10.2 Å². The van der Waals surface area contributed by atoms with Gasteiger partial charge in [0.1, 0.15) is 12.7 Å². The third-order valence-electron chi connectivity index (χ3n) is 3.00. The van der Waals surface area contributed by atoms with Crippen molar-refractivity contribution in [1.82, 2.24) is 14.8 Å². The van der Waals surface area contributed by atoms with E-state index >= 15 is 0 Å². The van der Waals surface area contributed by atoms with Crippen LogP contribution in [0.4, 0.5) is 0 Å². The van der Waals surface area contributed by atoms with E-state index < -0.39 is 6.10 Å². The van der Waals surface area contributed by atoms with Crippen LogP contribution in [0.1, 0.15) is 26.3 Å². The standard InChI is InChI=1S/C15H18ClN3O/c1-15(2,3)14(20)13(19-9-17-18-10-19)8-11-4-6-12(16)7-5-11/h4-10,14,20H,1-3H3/b13-8+. The molecule has 106 valence electrons. The Morgan fingerprint density at radius 1 is 1.20 bits per heavy atom. The minimum absolute atomic E-state index is 0.289. The zero-order valence-electron chi connectivity index (χ0n) is 11.8. The lowest BCUT2D eigenvalue weighted by atomic mass is 9.86. The zero-order valence-corrected chi connectivity index (χ0v) is 12.5. The lowest BCUT2D eigenvalue weighted by Gasteiger charge is -2.28. The first-order valence-corrected chi connectivity index (χ1v) is 6.76. The van der Waals surface area contributed by atoms with Crippen LogP contribution >= 0.6 is 11.6 Å². The van der Waals surface area contributed by atoms with Gasteiger partial charge >= 0.3 is 0 Å². The van der Waals surface area contributed by atoms with Crippen molar-refractivity contribution in [3.8, 4) is 0 Å². The number of nitrogens with zero attached hydrogens (tertiary/aromatic N) is 3. The molecule has 0 saturated carbocycles. The summed E-state index contributed by atoms with van der Waals surface area (Å²) in [5, 5.41) is 18.9. The normalized spacial score (nSPS) is 14.3. The molecule has 0 saturated heterocycles. The van der Waals surface area contributed by atoms with E-state index in [-0.39, 0.29) is 5.41 Å². The summed E-state index contributed by atoms with van der Waals surface area (Å²) >= 11 is 5.89. The lowest BCUT2D eigenvalue weighted by Crippen LogP contribution is -2.29. The number of aliphatic hydroxyl groups excluding tert-OH is 1. The van der Waals surface area contributed by atoms with Gasteiger partial charge in [0, 0.05) is 5.02 Å². The number of benzene rings is 1. The fraction of sp³-hybridized carbons (Fsp3) is 0.333. The maximum Gasteiger partial charge on any atom is 0.123 e. The Balaban J connectivity index is 2.44. The molecule has 0 spiro atoms. The van der Waals surface area contributed by atoms with E-state index in [9.17, 15) is 5.11 Å². The second-order valence-electron chi connectivity index (χ2n) is 5.76. The van der Waals surface area contributed by atoms with Crippen LogP contribution in [0, 0.1) is 5.41 Å². The first kappa shape index (κ1) is 14.8. The molecule has 1 N–H and O–H groups in total. The van der Waals surface area contributed by atoms with E-state index in [1.165, 1.54) is 0 Å². The minimum atomic E-state index is -0.644. The molecule has 0 fully saturated rings. The van der Waals surface area contributed by atoms with Gasteiger partial charge in [-0.15, -0.1) is 10.2 Å². The molecule has 5 heteroatoms. The highest BCUT2D eigenvalue weighted by atomic mass is 35.5. The maximum atomic E-state index is 10.6. The van der Waals surface area contributed by atoms with Crippen molar-refractivity contribution in [1.29, 1.82) is 0 Å². The van der Waals surface area contributed by atoms with Crippen molar-refractivity contribution in [2.24, 2.45) is 5.41 Å². The SMILES string of the molecule is CC(C)(C)C(O)/C(=C\c1ccc(Cl)cc1)n1cnnc1. The summed E-state index contributed by atoms with van der Waals surface area (Å²) in [6, 6.07) is 7.45. The molecule has 1 aromatic carbocycles. The number of hydrogen-bond acceptors (Lipinski definition) is 3. The average molecular weight is 292 g/mol. The topological polar surface area (TPSA) is 50.9 Å². The predicted molar refractivity (Wildman–Crippen MR) is 81.1 cm³/mol. The summed E-state index contributed by atoms with van der Waals surface area (Å²) in [5.41, 5.74) is 1.40. The summed E-state index contributed by atoms with van der Waals surface area (Å²) in [6.45, 7) is 5.95. The van der Waals surface area contributed by atoms with Gasteiger partial charge in [-0.3, -0.25) is 4.57 Å². The molecule has 0 aliphatic carbocycles. The third-order valence-corrected chi connectivity index (χ3v) is 3.25. The van der Waals surface area contributed by atoms with Crippen LogP contribution in [0.2, 0.25) is 5.02 Å². The summed E-state index contributed by atoms with van der Waals surface area (Å²) in [6.07, 6.45) is 4.43. The fourth-order valence-corrected chi connectivity index (χ4v) is 1.93. The van der Waals surface area contributed by atoms with Gasteiger partial charge < -0.3 is 5.11 Å². The Kier molecular flexibility index (Phi) is 4.26. The molecule has 0 radical (unpaired) electrons. The molecule has 1 heterocycles. The monoisotopic (exact) mass is 291 g/mol. The predicted octanol–water partition coefficient (Wildman–Crippen LogP) is 3.34. The maximum absolute atomic E-state index is 10.6. The number of halogens is 1. The fourth-order valence-electron chi connectivity index (χ4n) is 1.80. The van der Waals surface area contributed by atoms with E-state index in [1.54, 1.807) is 17.2 Å². The van der Waals surface area contributed by atoms with Gasteiger partial charge in [-0.05, 0) is 29.2 Å². The number of aromatic nitrogens is 3. The van der Waals surface area contributed by atoms with Gasteiger partial charge in [0.2, 0.25) is 0 Å². The molecule has 0 bridgehead atoms. The van der Waals surface area contributed by atoms with E-state index in [0.717, 1.165) is 11.3 Å². The summed E-state index contributed by atoms with van der Waals surface area (Å²) in [4.78, 5) is 0. The van der Waals surface area contributed by atoms with Gasteiger partial charge in [0.05, 0.1) is 11.8 Å². The molecule has 0 aliphatic heterocycles. The second-order valence-corrected chi connectivity index (χ2v) is 6.19. The smallest absolute Gasteiger partial charge is 0.123 e. The van der Waals surface area contributed by atoms with Crippen molar-refractivity contribution in [3.05, 3.63) is 47.5 Å². The molecule has 2 aromatic rings. The van der Waals surface area contributed by atoms with Gasteiger partial charge in [-0.2, -0.15) is 0 Å². The van der Waals surface area contributed by atoms with Crippen LogP contribution in [-0.2, 0) is 0 Å². The zero-order chi connectivity index (χ0) is 14.8. The Labute approximate surface area is 123 Å². The summed E-state index contributed by atoms with van der Waals surface area (Å²) in [5.74, 6) is 0. The highest BCUT2D eigenvalue weighted by Gasteiger charge is 2.27. The molecule has 0 aliphatic rings. The number of hydrogen-bond donors (Lipinski definition) is 1. The molecular weight excluding hydrogens is 274 g/mol. The van der Waals surface area contributed by atoms with Crippen molar-refractivity contribution in [2.45, 2.75) is 26.9 Å². The summed E-state index contributed by atoms with van der Waals surface area (Å²) in [7, 11) is 0. The Bertz CT molecular complexity index is 583. The highest BCUT2D eigenvalue weighted by Crippen LogP contribution is 2.29. The molecule has 1 unspecified atom stereocenters. The molecule has 20 heavy (non-hydrogen) atoms. The van der Waals surface area contributed by atoms with Crippen molar-refractivity contribution >= 4 is 23.4 Å². The molecule has 1 atom stereocenters. The van der Waals surface area contributed by atoms with Crippen LogP contribution in [-0.4, -0.2) is 26.0 Å². The third kappa shape index (κ3) is 3.46. The van der Waals surface area contributed by atoms with Crippen LogP contribution in [0.3, 0.4) is 0 Å². The van der Waals surface area contributed by atoms with Crippen LogP contribution in [0.5, 0.6) is 0 Å². The second kappa shape index (κ2) is 5.77. The summed E-state index contributed by atoms with van der Waals surface area (Å²) < 4.78 is 1.73. The van der Waals surface area contributed by atoms with E-state index in [1.807, 2.05) is 51.1 Å². The number of aliphatic hydroxyl groups is 1. The largest absolute Gasteiger partial charge is 0.386 e. The van der Waals surface area contributed by atoms with Crippen molar-refractivity contribution in [3.63, 3.8) is 0 Å². The van der Waals surface area contributed by atoms with E-state index in [0.29, 0.717) is 5.02 Å². The Morgan fingerprint density at radius 3 is 2.25 bits per heavy atom. The molecule has 0 amide bonds. The molecule has 4 nitrogen and oxygen atoms in total. The van der Waals surface area contributed by atoms with Gasteiger partial charge in [0.15, 0.2) is 0 Å². The van der Waals surface area contributed by atoms with Crippen LogP contribution in [0.15, 0.2) is 36.9 Å². The highest BCUT2D eigenvalue weighted by molar-refractivity contribution is 6.30. The van der Waals surface area contributed by atoms with Crippen LogP contribution in [0.25, 0.3) is 11.8 Å². The number of rotatable bonds is 3. The molecule has 1 aromatic heterocycles. The quantitative estimate of drug-likeness (QED) is 0.943. The molecular formula is C15H18ClN3O. The first-order chi connectivity index (χ1) is 9.38. The van der Waals surface area contributed by atoms with E-state index in [4.69, 9.17) is 11.6 Å². The minimum Gasteiger partial charge on any atom is -0.386 e. The van der Waals surface area contributed by atoms with Crippen LogP contribution < -0.4 is 0 Å². The Hall–Kier alpha value is -1.65. The molecule has 2 rings (SSSR count). The Morgan fingerprint density at radius 2 is 1.75 bits per heavy atom. The van der Waals surface area contributed by atoms with Crippen molar-refractivity contribution in [2.75, 3.05) is 0 Å². The van der Waals surface area contributed by atoms with Crippen molar-refractivity contribution < 1.29 is 5.11 Å². The van der Waals surface area contributed by atoms with Gasteiger partial charge in [-0.1, -0.05) is 44.5 Å². The van der Waals surface area contributed by atoms with Gasteiger partial charge in [-0.25, -0.2) is 0 Å². The average Bonchev–Trinajstić information content (AvgIpc) is 2.90. The van der Waals surface area contributed by atoms with Gasteiger partial charge in [0.25, 0.3) is 0 Å². The first-order valence-electron chi connectivity index (χ1n) is 6.38. The lowest BCUT2D eigenvalue weighted by molar-refractivity contribution is 0.110.